The van der Waals surface area contributed by atoms with Crippen molar-refractivity contribution in [2.24, 2.45) is 4.99 Å². The zero-order valence-corrected chi connectivity index (χ0v) is 5.96. The van der Waals surface area contributed by atoms with Crippen molar-refractivity contribution < 1.29 is 0 Å². The summed E-state index contributed by atoms with van der Waals surface area (Å²) in [6.45, 7) is 1.86. The number of nitrogens with zero attached hydrogens (tertiary/aromatic N) is 1. The van der Waals surface area contributed by atoms with Crippen molar-refractivity contribution in [3.05, 3.63) is 12.2 Å². The summed E-state index contributed by atoms with van der Waals surface area (Å²) in [5, 5.41) is 13.8. The van der Waals surface area contributed by atoms with E-state index in [0.717, 1.165) is 6.34 Å². The van der Waals surface area contributed by atoms with Crippen molar-refractivity contribution in [2.75, 3.05) is 0 Å². The van der Waals surface area contributed by atoms with Gasteiger partial charge in [-0.15, -0.1) is 0 Å². The average Bonchev–Trinajstić information content (AvgIpc) is 1.89. The van der Waals surface area contributed by atoms with Crippen molar-refractivity contribution in [1.82, 2.24) is 0 Å². The molecule has 10 heavy (non-hydrogen) atoms. The summed E-state index contributed by atoms with van der Waals surface area (Å²) in [5.74, 6) is 0. The Morgan fingerprint density at radius 2 is 2.30 bits per heavy atom. The molecule has 0 bridgehead atoms. The van der Waals surface area contributed by atoms with Crippen LogP contribution in [0.4, 0.5) is 0 Å². The lowest BCUT2D eigenvalue weighted by molar-refractivity contribution is 1.43. The molecular formula is C7H11N3. The van der Waals surface area contributed by atoms with Crippen molar-refractivity contribution in [3.8, 4) is 0 Å². The van der Waals surface area contributed by atoms with Gasteiger partial charge >= 0.3 is 0 Å². The number of nitrogens with one attached hydrogen (secondary N) is 2. The molecule has 0 atom stereocenters. The molecule has 0 unspecified atom stereocenters. The summed E-state index contributed by atoms with van der Waals surface area (Å²) < 4.78 is 0. The normalized spacial score (nSPS) is 10.9. The SMILES string of the molecule is C/C=C\C(=N)C/C=N\C=N. The van der Waals surface area contributed by atoms with Crippen LogP contribution in [0.3, 0.4) is 0 Å². The maximum atomic E-state index is 7.21. The highest BCUT2D eigenvalue weighted by atomic mass is 14.7. The van der Waals surface area contributed by atoms with Gasteiger partial charge in [0.2, 0.25) is 0 Å². The molecule has 0 aromatic heterocycles. The Kier molecular flexibility index (Phi) is 5.14. The van der Waals surface area contributed by atoms with E-state index in [-0.39, 0.29) is 0 Å². The lowest BCUT2D eigenvalue weighted by Crippen LogP contribution is -1.90. The van der Waals surface area contributed by atoms with Gasteiger partial charge < -0.3 is 5.41 Å². The molecule has 0 aliphatic heterocycles. The molecule has 0 heterocycles. The molecule has 0 aliphatic rings. The monoisotopic (exact) mass is 137 g/mol. The Morgan fingerprint density at radius 1 is 1.60 bits per heavy atom. The fourth-order valence-electron chi connectivity index (χ4n) is 0.473. The first kappa shape index (κ1) is 8.75. The summed E-state index contributed by atoms with van der Waals surface area (Å²) >= 11 is 0. The molecule has 0 fully saturated rings. The smallest absolute Gasteiger partial charge is 0.106 e. The molecule has 54 valence electrons. The van der Waals surface area contributed by atoms with Crippen LogP contribution in [-0.2, 0) is 0 Å². The predicted molar refractivity (Wildman–Crippen MR) is 44.4 cm³/mol. The largest absolute Gasteiger partial charge is 0.305 e. The quantitative estimate of drug-likeness (QED) is 0.437. The van der Waals surface area contributed by atoms with Crippen molar-refractivity contribution in [1.29, 1.82) is 10.8 Å². The van der Waals surface area contributed by atoms with Crippen LogP contribution in [0, 0.1) is 10.8 Å². The lowest BCUT2D eigenvalue weighted by Gasteiger charge is -1.86. The Bertz CT molecular complexity index is 168. The van der Waals surface area contributed by atoms with Crippen LogP contribution in [0.2, 0.25) is 0 Å². The molecule has 2 N–H and O–H groups in total. The van der Waals surface area contributed by atoms with Gasteiger partial charge in [0.15, 0.2) is 0 Å². The molecule has 0 saturated carbocycles. The molecule has 0 rings (SSSR count). The second-order valence-corrected chi connectivity index (χ2v) is 1.69. The van der Waals surface area contributed by atoms with Gasteiger partial charge in [0.05, 0.1) is 0 Å². The Morgan fingerprint density at radius 3 is 2.80 bits per heavy atom. The van der Waals surface area contributed by atoms with Gasteiger partial charge in [-0.25, -0.2) is 4.99 Å². The van der Waals surface area contributed by atoms with E-state index in [9.17, 15) is 0 Å². The predicted octanol–water partition coefficient (Wildman–Crippen LogP) is 1.65. The summed E-state index contributed by atoms with van der Waals surface area (Å²) in [7, 11) is 0. The van der Waals surface area contributed by atoms with Crippen LogP contribution in [0.1, 0.15) is 13.3 Å². The van der Waals surface area contributed by atoms with Crippen LogP contribution >= 0.6 is 0 Å². The number of rotatable bonds is 4. The van der Waals surface area contributed by atoms with E-state index >= 15 is 0 Å². The first-order chi connectivity index (χ1) is 4.81. The minimum atomic E-state index is 0.500. The van der Waals surface area contributed by atoms with Crippen LogP contribution in [-0.4, -0.2) is 18.3 Å². The molecule has 0 aromatic carbocycles. The number of aliphatic imine (C=N–C) groups is 1. The van der Waals surface area contributed by atoms with E-state index in [1.807, 2.05) is 6.92 Å². The van der Waals surface area contributed by atoms with Crippen molar-refractivity contribution in [3.63, 3.8) is 0 Å². The minimum Gasteiger partial charge on any atom is -0.305 e. The molecular weight excluding hydrogens is 126 g/mol. The van der Waals surface area contributed by atoms with Gasteiger partial charge in [-0.3, -0.25) is 5.41 Å². The van der Waals surface area contributed by atoms with Gasteiger partial charge in [-0.2, -0.15) is 0 Å². The highest BCUT2D eigenvalue weighted by Gasteiger charge is 1.83. The van der Waals surface area contributed by atoms with Crippen LogP contribution in [0.15, 0.2) is 17.1 Å². The summed E-state index contributed by atoms with van der Waals surface area (Å²) in [5.41, 5.74) is 0.508. The van der Waals surface area contributed by atoms with Crippen LogP contribution < -0.4 is 0 Å². The molecule has 3 heteroatoms. The first-order valence-electron chi connectivity index (χ1n) is 3.02. The maximum absolute atomic E-state index is 7.21. The summed E-state index contributed by atoms with van der Waals surface area (Å²) in [6, 6.07) is 0. The van der Waals surface area contributed by atoms with Gasteiger partial charge in [0.25, 0.3) is 0 Å². The van der Waals surface area contributed by atoms with E-state index < -0.39 is 0 Å². The fourth-order valence-corrected chi connectivity index (χ4v) is 0.473. The van der Waals surface area contributed by atoms with E-state index in [0.29, 0.717) is 12.1 Å². The summed E-state index contributed by atoms with van der Waals surface area (Å²) in [6.07, 6.45) is 6.51. The topological polar surface area (TPSA) is 60.1 Å². The Labute approximate surface area is 60.5 Å². The van der Waals surface area contributed by atoms with Gasteiger partial charge in [-0.1, -0.05) is 6.08 Å². The molecule has 0 aromatic rings. The zero-order chi connectivity index (χ0) is 7.82. The van der Waals surface area contributed by atoms with E-state index in [1.54, 1.807) is 12.2 Å². The fraction of sp³-hybridized carbons (Fsp3) is 0.286. The number of hydrogen-bond acceptors (Lipinski definition) is 2. The lowest BCUT2D eigenvalue weighted by atomic mass is 10.3. The van der Waals surface area contributed by atoms with Crippen molar-refractivity contribution in [2.45, 2.75) is 13.3 Å². The third kappa shape index (κ3) is 4.90. The van der Waals surface area contributed by atoms with E-state index in [2.05, 4.69) is 4.99 Å². The Balaban J connectivity index is 3.58. The van der Waals surface area contributed by atoms with Crippen LogP contribution in [0.5, 0.6) is 0 Å². The first-order valence-corrected chi connectivity index (χ1v) is 3.02. The molecule has 0 amide bonds. The molecule has 0 spiro atoms. The molecule has 3 nitrogen and oxygen atoms in total. The average molecular weight is 137 g/mol. The number of allylic oxidation sites excluding steroid dienone is 2. The molecule has 0 aliphatic carbocycles. The second kappa shape index (κ2) is 5.88. The number of hydrogen-bond donors (Lipinski definition) is 2. The summed E-state index contributed by atoms with van der Waals surface area (Å²) in [4.78, 5) is 3.54. The third-order valence-electron chi connectivity index (χ3n) is 0.859. The van der Waals surface area contributed by atoms with Gasteiger partial charge in [0.1, 0.15) is 6.34 Å². The van der Waals surface area contributed by atoms with Crippen LogP contribution in [0.25, 0.3) is 0 Å². The molecule has 0 radical (unpaired) electrons. The highest BCUT2D eigenvalue weighted by Crippen LogP contribution is 1.82. The second-order valence-electron chi connectivity index (χ2n) is 1.69. The third-order valence-corrected chi connectivity index (χ3v) is 0.859. The van der Waals surface area contributed by atoms with Gasteiger partial charge in [-0.05, 0) is 13.0 Å². The maximum Gasteiger partial charge on any atom is 0.106 e. The van der Waals surface area contributed by atoms with E-state index in [4.69, 9.17) is 10.8 Å². The van der Waals surface area contributed by atoms with Gasteiger partial charge in [0, 0.05) is 18.3 Å². The Hall–Kier alpha value is -1.25. The zero-order valence-electron chi connectivity index (χ0n) is 5.96. The highest BCUT2D eigenvalue weighted by molar-refractivity contribution is 6.01. The molecule has 0 saturated heterocycles. The standard InChI is InChI=1S/C7H11N3/c1-2-3-7(9)4-5-10-6-8/h2-3,5-6,8-9H,4H2,1H3/b3-2-,8-6?,9-7?,10-5-. The van der Waals surface area contributed by atoms with Crippen molar-refractivity contribution >= 4 is 18.3 Å². The minimum absolute atomic E-state index is 0.500. The van der Waals surface area contributed by atoms with E-state index in [1.165, 1.54) is 6.21 Å².